The molecule has 0 amide bonds. The molecule has 0 spiro atoms. The van der Waals surface area contributed by atoms with Crippen molar-refractivity contribution < 1.29 is 31.9 Å². The second kappa shape index (κ2) is 18.6. The quantitative estimate of drug-likeness (QED) is 0.147. The van der Waals surface area contributed by atoms with Crippen LogP contribution in [0.2, 0.25) is 0 Å². The molecular weight excluding hydrogens is 571 g/mol. The lowest BCUT2D eigenvalue weighted by atomic mass is 10.1. The van der Waals surface area contributed by atoms with Gasteiger partial charge in [0.1, 0.15) is 11.2 Å². The Bertz CT molecular complexity index is 1150. The largest absolute Gasteiger partial charge is 0.478 e. The maximum atomic E-state index is 14.5. The number of carbonyl (C=O) groups is 1. The number of nitrogens with two attached hydrogens (primary N) is 1. The van der Waals surface area contributed by atoms with Gasteiger partial charge in [0.05, 0.1) is 5.57 Å². The summed E-state index contributed by atoms with van der Waals surface area (Å²) in [7, 11) is 0. The second-order valence-corrected chi connectivity index (χ2v) is 11.3. The van der Waals surface area contributed by atoms with Crippen LogP contribution in [-0.4, -0.2) is 33.6 Å². The molecule has 4 nitrogen and oxygen atoms in total. The number of alkyl halides is 2. The number of hydrogen-bond acceptors (Lipinski definition) is 4. The molecule has 1 unspecified atom stereocenters. The zero-order valence-electron chi connectivity index (χ0n) is 24.0. The fraction of sp³-hybridized carbons (Fsp3) is 0.469. The molecule has 2 aromatic rings. The van der Waals surface area contributed by atoms with Crippen LogP contribution >= 0.6 is 11.8 Å². The van der Waals surface area contributed by atoms with Crippen molar-refractivity contribution in [1.29, 1.82) is 0 Å². The summed E-state index contributed by atoms with van der Waals surface area (Å²) >= 11 is 0.997. The Morgan fingerprint density at radius 2 is 1.60 bits per heavy atom. The monoisotopic (exact) mass is 612 g/mol. The molecule has 42 heavy (non-hydrogen) atoms. The maximum Gasteiger partial charge on any atom is 0.334 e. The van der Waals surface area contributed by atoms with E-state index in [-0.39, 0.29) is 17.9 Å². The molecule has 1 aliphatic heterocycles. The van der Waals surface area contributed by atoms with Crippen molar-refractivity contribution in [3.63, 3.8) is 0 Å². The summed E-state index contributed by atoms with van der Waals surface area (Å²) in [6.07, 6.45) is 14.9. The first-order valence-corrected chi connectivity index (χ1v) is 15.4. The molecule has 0 saturated carbocycles. The SMILES string of the molecule is CCCCCCCCCCN.O=C(O)C1=CC=CN(Cc2ccc(F)cc2)C1SCCC(F)(F)c1ccc(F)c(F)c1. The first-order chi connectivity index (χ1) is 20.1. The predicted octanol–water partition coefficient (Wildman–Crippen LogP) is 8.77. The van der Waals surface area contributed by atoms with E-state index in [1.54, 1.807) is 29.3 Å². The summed E-state index contributed by atoms with van der Waals surface area (Å²) in [4.78, 5) is 13.3. The highest BCUT2D eigenvalue weighted by Crippen LogP contribution is 2.36. The normalized spacial score (nSPS) is 14.8. The van der Waals surface area contributed by atoms with Crippen LogP contribution in [0.25, 0.3) is 0 Å². The molecule has 3 N–H and O–H groups in total. The van der Waals surface area contributed by atoms with Gasteiger partial charge in [-0.25, -0.2) is 26.7 Å². The van der Waals surface area contributed by atoms with Crippen LogP contribution in [0.4, 0.5) is 22.0 Å². The Morgan fingerprint density at radius 3 is 2.19 bits per heavy atom. The molecule has 1 aliphatic rings. The minimum atomic E-state index is -3.42. The topological polar surface area (TPSA) is 66.6 Å². The molecule has 0 aliphatic carbocycles. The predicted molar refractivity (Wildman–Crippen MR) is 160 cm³/mol. The van der Waals surface area contributed by atoms with Crippen molar-refractivity contribution in [2.75, 3.05) is 12.3 Å². The van der Waals surface area contributed by atoms with Crippen LogP contribution in [0.1, 0.15) is 75.8 Å². The Morgan fingerprint density at radius 1 is 0.952 bits per heavy atom. The lowest BCUT2D eigenvalue weighted by Gasteiger charge is -2.33. The van der Waals surface area contributed by atoms with Gasteiger partial charge in [0.2, 0.25) is 0 Å². The first-order valence-electron chi connectivity index (χ1n) is 14.4. The van der Waals surface area contributed by atoms with Crippen LogP contribution in [0.15, 0.2) is 66.4 Å². The molecule has 0 bridgehead atoms. The van der Waals surface area contributed by atoms with E-state index in [2.05, 4.69) is 6.92 Å². The summed E-state index contributed by atoms with van der Waals surface area (Å²) < 4.78 is 68.4. The number of carboxylic acid groups (broad SMARTS) is 1. The van der Waals surface area contributed by atoms with Gasteiger partial charge in [0.25, 0.3) is 5.92 Å². The summed E-state index contributed by atoms with van der Waals surface area (Å²) in [5.41, 5.74) is 5.48. The van der Waals surface area contributed by atoms with Gasteiger partial charge >= 0.3 is 5.97 Å². The van der Waals surface area contributed by atoms with Crippen LogP contribution < -0.4 is 5.73 Å². The number of carboxylic acids is 1. The van der Waals surface area contributed by atoms with Gasteiger partial charge in [-0.2, -0.15) is 0 Å². The molecule has 2 aromatic carbocycles. The van der Waals surface area contributed by atoms with Crippen molar-refractivity contribution in [3.8, 4) is 0 Å². The smallest absolute Gasteiger partial charge is 0.334 e. The number of unbranched alkanes of at least 4 members (excludes halogenated alkanes) is 7. The number of hydrogen-bond donors (Lipinski definition) is 2. The van der Waals surface area contributed by atoms with E-state index in [0.717, 1.165) is 29.9 Å². The third-order valence-electron chi connectivity index (χ3n) is 6.74. The zero-order valence-corrected chi connectivity index (χ0v) is 24.8. The summed E-state index contributed by atoms with van der Waals surface area (Å²) in [6.45, 7) is 3.38. The van der Waals surface area contributed by atoms with Crippen molar-refractivity contribution in [3.05, 3.63) is 95.0 Å². The summed E-state index contributed by atoms with van der Waals surface area (Å²) in [6, 6.07) is 7.61. The maximum absolute atomic E-state index is 14.5. The highest BCUT2D eigenvalue weighted by Gasteiger charge is 2.34. The minimum absolute atomic E-state index is 0.0192. The first kappa shape index (κ1) is 35.3. The fourth-order valence-electron chi connectivity index (χ4n) is 4.34. The van der Waals surface area contributed by atoms with E-state index in [0.29, 0.717) is 12.1 Å². The number of thioether (sulfide) groups is 1. The highest BCUT2D eigenvalue weighted by atomic mass is 32.2. The molecule has 10 heteroatoms. The van der Waals surface area contributed by atoms with E-state index in [1.165, 1.54) is 69.6 Å². The van der Waals surface area contributed by atoms with Gasteiger partial charge in [-0.3, -0.25) is 0 Å². The molecular formula is C32H41F5N2O2S. The average Bonchev–Trinajstić information content (AvgIpc) is 2.96. The number of rotatable bonds is 16. The lowest BCUT2D eigenvalue weighted by Crippen LogP contribution is -2.34. The van der Waals surface area contributed by atoms with E-state index < -0.39 is 46.7 Å². The van der Waals surface area contributed by atoms with Crippen molar-refractivity contribution >= 4 is 17.7 Å². The van der Waals surface area contributed by atoms with Crippen molar-refractivity contribution in [2.24, 2.45) is 5.73 Å². The lowest BCUT2D eigenvalue weighted by molar-refractivity contribution is -0.133. The highest BCUT2D eigenvalue weighted by molar-refractivity contribution is 8.00. The Hall–Kier alpha value is -2.85. The Labute approximate surface area is 249 Å². The van der Waals surface area contributed by atoms with E-state index in [1.807, 2.05) is 0 Å². The number of nitrogens with zero attached hydrogens (tertiary/aromatic N) is 1. The van der Waals surface area contributed by atoms with Crippen LogP contribution in [-0.2, 0) is 17.3 Å². The summed E-state index contributed by atoms with van der Waals surface area (Å²) in [5, 5.41) is 8.75. The molecule has 3 rings (SSSR count). The zero-order chi connectivity index (χ0) is 31.0. The second-order valence-electron chi connectivity index (χ2n) is 10.1. The summed E-state index contributed by atoms with van der Waals surface area (Å²) in [5.74, 6) is -7.72. The number of aliphatic carboxylic acids is 1. The standard InChI is InChI=1S/C22H18F5NO2S.C10H23N/c23-16-6-3-14(4-7-16)13-28-10-1-2-17(21(29)30)20(28)31-11-9-22(26,27)15-5-8-18(24)19(25)12-15;1-2-3-4-5-6-7-8-9-10-11/h1-8,10,12,20H,9,11,13H2,(H,29,30);2-11H2,1H3. The number of benzene rings is 2. The van der Waals surface area contributed by atoms with Crippen molar-refractivity contribution in [1.82, 2.24) is 4.90 Å². The van der Waals surface area contributed by atoms with Gasteiger partial charge in [-0.15, -0.1) is 11.8 Å². The van der Waals surface area contributed by atoms with Gasteiger partial charge < -0.3 is 15.7 Å². The van der Waals surface area contributed by atoms with Gasteiger partial charge in [0.15, 0.2) is 11.6 Å². The van der Waals surface area contributed by atoms with Gasteiger partial charge in [0, 0.05) is 30.5 Å². The third kappa shape index (κ3) is 12.2. The van der Waals surface area contributed by atoms with Gasteiger partial charge in [-0.1, -0.05) is 64.0 Å². The van der Waals surface area contributed by atoms with Gasteiger partial charge in [-0.05, 0) is 61.0 Å². The minimum Gasteiger partial charge on any atom is -0.478 e. The molecule has 0 saturated heterocycles. The molecule has 0 aromatic heterocycles. The van der Waals surface area contributed by atoms with Crippen LogP contribution in [0.3, 0.4) is 0 Å². The Balaban J connectivity index is 0.000000476. The fourth-order valence-corrected chi connectivity index (χ4v) is 5.63. The molecule has 1 heterocycles. The van der Waals surface area contributed by atoms with Crippen LogP contribution in [0, 0.1) is 17.5 Å². The number of allylic oxidation sites excluding steroid dienone is 2. The molecule has 1 atom stereocenters. The molecule has 232 valence electrons. The average molecular weight is 613 g/mol. The Kier molecular flexibility index (Phi) is 15.7. The van der Waals surface area contributed by atoms with E-state index in [4.69, 9.17) is 5.73 Å². The third-order valence-corrected chi connectivity index (χ3v) is 8.02. The molecule has 0 fully saturated rings. The van der Waals surface area contributed by atoms with E-state index in [9.17, 15) is 31.9 Å². The van der Waals surface area contributed by atoms with Crippen LogP contribution in [0.5, 0.6) is 0 Å². The molecule has 0 radical (unpaired) electrons. The van der Waals surface area contributed by atoms with E-state index >= 15 is 0 Å². The van der Waals surface area contributed by atoms with Crippen molar-refractivity contribution in [2.45, 2.75) is 82.6 Å². The number of halogens is 5.